The Morgan fingerprint density at radius 2 is 1.79 bits per heavy atom. The number of hydrogen-bond acceptors (Lipinski definition) is 3. The first kappa shape index (κ1) is 10.4. The van der Waals surface area contributed by atoms with E-state index >= 15 is 0 Å². The summed E-state index contributed by atoms with van der Waals surface area (Å²) in [5.41, 5.74) is 0.557. The topological polar surface area (TPSA) is 43.4 Å². The summed E-state index contributed by atoms with van der Waals surface area (Å²) in [6.45, 7) is 2.85. The van der Waals surface area contributed by atoms with Crippen molar-refractivity contribution in [3.8, 4) is 0 Å². The Morgan fingerprint density at radius 1 is 1.21 bits per heavy atom. The van der Waals surface area contributed by atoms with Crippen LogP contribution >= 0.6 is 0 Å². The van der Waals surface area contributed by atoms with Crippen LogP contribution in [0.2, 0.25) is 0 Å². The monoisotopic (exact) mass is 192 g/mol. The Balaban J connectivity index is 2.71. The van der Waals surface area contributed by atoms with Gasteiger partial charge < -0.3 is 4.74 Å². The van der Waals surface area contributed by atoms with Crippen LogP contribution in [0.3, 0.4) is 0 Å². The minimum atomic E-state index is -0.713. The summed E-state index contributed by atoms with van der Waals surface area (Å²) in [6, 6.07) is 8.76. The average Bonchev–Trinajstić information content (AvgIpc) is 2.17. The van der Waals surface area contributed by atoms with Crippen LogP contribution in [0.4, 0.5) is 0 Å². The lowest BCUT2D eigenvalue weighted by Gasteiger charge is -2.09. The first-order chi connectivity index (χ1) is 6.61. The van der Waals surface area contributed by atoms with E-state index in [1.807, 2.05) is 6.07 Å². The Morgan fingerprint density at radius 3 is 2.29 bits per heavy atom. The van der Waals surface area contributed by atoms with Gasteiger partial charge in [-0.05, 0) is 6.92 Å². The predicted octanol–water partition coefficient (Wildman–Crippen LogP) is 1.82. The smallest absolute Gasteiger partial charge is 0.303 e. The van der Waals surface area contributed by atoms with Crippen LogP contribution in [0.1, 0.15) is 24.2 Å². The van der Waals surface area contributed by atoms with E-state index in [2.05, 4.69) is 0 Å². The molecule has 1 aromatic carbocycles. The zero-order valence-corrected chi connectivity index (χ0v) is 8.19. The molecule has 1 unspecified atom stereocenters. The van der Waals surface area contributed by atoms with Crippen LogP contribution in [-0.2, 0) is 9.53 Å². The molecule has 0 aliphatic carbocycles. The second-order valence-electron chi connectivity index (χ2n) is 2.98. The predicted molar refractivity (Wildman–Crippen MR) is 52.0 cm³/mol. The van der Waals surface area contributed by atoms with E-state index in [9.17, 15) is 9.59 Å². The molecule has 0 aliphatic heterocycles. The molecule has 0 aliphatic rings. The molecule has 0 bridgehead atoms. The van der Waals surface area contributed by atoms with E-state index in [1.165, 1.54) is 6.92 Å². The number of carbonyl (C=O) groups excluding carboxylic acids is 2. The molecule has 0 saturated carbocycles. The standard InChI is InChI=1S/C11H12O3/c1-8(14-9(2)12)11(13)10-6-4-3-5-7-10/h3-8H,1-2H3. The number of ketones is 1. The molecule has 0 amide bonds. The van der Waals surface area contributed by atoms with Crippen molar-refractivity contribution in [2.45, 2.75) is 20.0 Å². The van der Waals surface area contributed by atoms with Crippen molar-refractivity contribution in [2.75, 3.05) is 0 Å². The molecular formula is C11H12O3. The van der Waals surface area contributed by atoms with Crippen molar-refractivity contribution in [3.05, 3.63) is 35.9 Å². The van der Waals surface area contributed by atoms with Gasteiger partial charge in [0.15, 0.2) is 6.10 Å². The fraction of sp³-hybridized carbons (Fsp3) is 0.273. The number of ether oxygens (including phenoxy) is 1. The maximum absolute atomic E-state index is 11.6. The minimum Gasteiger partial charge on any atom is -0.454 e. The molecule has 1 atom stereocenters. The van der Waals surface area contributed by atoms with E-state index < -0.39 is 12.1 Å². The highest BCUT2D eigenvalue weighted by Crippen LogP contribution is 2.05. The van der Waals surface area contributed by atoms with Gasteiger partial charge in [-0.3, -0.25) is 9.59 Å². The number of carbonyl (C=O) groups is 2. The summed E-state index contributed by atoms with van der Waals surface area (Å²) < 4.78 is 4.78. The molecule has 0 spiro atoms. The molecule has 0 radical (unpaired) electrons. The van der Waals surface area contributed by atoms with Gasteiger partial charge in [-0.1, -0.05) is 30.3 Å². The fourth-order valence-electron chi connectivity index (χ4n) is 1.14. The van der Waals surface area contributed by atoms with Crippen molar-refractivity contribution in [1.82, 2.24) is 0 Å². The number of benzene rings is 1. The number of rotatable bonds is 3. The van der Waals surface area contributed by atoms with E-state index in [0.717, 1.165) is 0 Å². The second kappa shape index (κ2) is 4.56. The average molecular weight is 192 g/mol. The normalized spacial score (nSPS) is 11.9. The van der Waals surface area contributed by atoms with Crippen LogP contribution in [0.5, 0.6) is 0 Å². The highest BCUT2D eigenvalue weighted by molar-refractivity contribution is 5.99. The van der Waals surface area contributed by atoms with Crippen LogP contribution in [0.15, 0.2) is 30.3 Å². The quantitative estimate of drug-likeness (QED) is 0.542. The number of Topliss-reactive ketones (excluding diaryl/α,β-unsaturated/α-hetero) is 1. The lowest BCUT2D eigenvalue weighted by molar-refractivity contribution is -0.143. The van der Waals surface area contributed by atoms with Crippen molar-refractivity contribution < 1.29 is 14.3 Å². The van der Waals surface area contributed by atoms with Crippen LogP contribution in [0, 0.1) is 0 Å². The van der Waals surface area contributed by atoms with Crippen LogP contribution in [-0.4, -0.2) is 17.9 Å². The zero-order chi connectivity index (χ0) is 10.6. The molecule has 0 fully saturated rings. The first-order valence-electron chi connectivity index (χ1n) is 4.37. The van der Waals surface area contributed by atoms with Gasteiger partial charge in [-0.15, -0.1) is 0 Å². The molecule has 3 heteroatoms. The lowest BCUT2D eigenvalue weighted by atomic mass is 10.1. The molecule has 0 heterocycles. The third kappa shape index (κ3) is 2.69. The van der Waals surface area contributed by atoms with Crippen LogP contribution in [0.25, 0.3) is 0 Å². The van der Waals surface area contributed by atoms with Gasteiger partial charge in [0.2, 0.25) is 5.78 Å². The Hall–Kier alpha value is -1.64. The first-order valence-corrected chi connectivity index (χ1v) is 4.37. The van der Waals surface area contributed by atoms with Crippen molar-refractivity contribution in [3.63, 3.8) is 0 Å². The molecule has 0 aromatic heterocycles. The van der Waals surface area contributed by atoms with E-state index in [1.54, 1.807) is 31.2 Å². The van der Waals surface area contributed by atoms with Gasteiger partial charge >= 0.3 is 5.97 Å². The minimum absolute atomic E-state index is 0.180. The molecule has 74 valence electrons. The molecule has 14 heavy (non-hydrogen) atoms. The Labute approximate surface area is 82.7 Å². The van der Waals surface area contributed by atoms with Gasteiger partial charge in [0, 0.05) is 12.5 Å². The van der Waals surface area contributed by atoms with Gasteiger partial charge in [-0.2, -0.15) is 0 Å². The lowest BCUT2D eigenvalue weighted by Crippen LogP contribution is -2.22. The summed E-state index contributed by atoms with van der Waals surface area (Å²) in [4.78, 5) is 22.2. The molecule has 3 nitrogen and oxygen atoms in total. The largest absolute Gasteiger partial charge is 0.454 e. The van der Waals surface area contributed by atoms with E-state index in [4.69, 9.17) is 4.74 Å². The Bertz CT molecular complexity index is 330. The van der Waals surface area contributed by atoms with E-state index in [-0.39, 0.29) is 5.78 Å². The zero-order valence-electron chi connectivity index (χ0n) is 8.19. The highest BCUT2D eigenvalue weighted by Gasteiger charge is 2.16. The third-order valence-corrected chi connectivity index (χ3v) is 1.77. The van der Waals surface area contributed by atoms with Crippen molar-refractivity contribution in [1.29, 1.82) is 0 Å². The maximum atomic E-state index is 11.6. The molecule has 1 rings (SSSR count). The summed E-state index contributed by atoms with van der Waals surface area (Å²) in [5.74, 6) is -0.623. The van der Waals surface area contributed by atoms with E-state index in [0.29, 0.717) is 5.56 Å². The second-order valence-corrected chi connectivity index (χ2v) is 2.98. The molecule has 1 aromatic rings. The number of esters is 1. The maximum Gasteiger partial charge on any atom is 0.303 e. The number of hydrogen-bond donors (Lipinski definition) is 0. The van der Waals surface area contributed by atoms with Crippen LogP contribution < -0.4 is 0 Å². The third-order valence-electron chi connectivity index (χ3n) is 1.77. The van der Waals surface area contributed by atoms with Gasteiger partial charge in [0.05, 0.1) is 0 Å². The SMILES string of the molecule is CC(=O)OC(C)C(=O)c1ccccc1. The van der Waals surface area contributed by atoms with Crippen molar-refractivity contribution in [2.24, 2.45) is 0 Å². The molecular weight excluding hydrogens is 180 g/mol. The highest BCUT2D eigenvalue weighted by atomic mass is 16.5. The molecule has 0 N–H and O–H groups in total. The van der Waals surface area contributed by atoms with Crippen molar-refractivity contribution >= 4 is 11.8 Å². The van der Waals surface area contributed by atoms with Gasteiger partial charge in [-0.25, -0.2) is 0 Å². The van der Waals surface area contributed by atoms with Gasteiger partial charge in [0.1, 0.15) is 0 Å². The van der Waals surface area contributed by atoms with Gasteiger partial charge in [0.25, 0.3) is 0 Å². The Kier molecular flexibility index (Phi) is 3.40. The summed E-state index contributed by atoms with van der Waals surface area (Å²) >= 11 is 0. The molecule has 0 saturated heterocycles. The summed E-state index contributed by atoms with van der Waals surface area (Å²) in [7, 11) is 0. The summed E-state index contributed by atoms with van der Waals surface area (Å²) in [6.07, 6.45) is -0.713. The fourth-order valence-corrected chi connectivity index (χ4v) is 1.14. The summed E-state index contributed by atoms with van der Waals surface area (Å²) in [5, 5.41) is 0.